The number of aliphatic hydroxyl groups is 1. The van der Waals surface area contributed by atoms with Gasteiger partial charge in [0, 0.05) is 11.0 Å². The Morgan fingerprint density at radius 2 is 2.07 bits per heavy atom. The van der Waals surface area contributed by atoms with Crippen LogP contribution in [0.2, 0.25) is 0 Å². The third-order valence-electron chi connectivity index (χ3n) is 2.56. The van der Waals surface area contributed by atoms with Gasteiger partial charge in [-0.05, 0) is 19.3 Å². The first-order valence-electron chi connectivity index (χ1n) is 5.31. The number of hydrogen-bond donors (Lipinski definition) is 2. The minimum Gasteiger partial charge on any atom is -0.411 e. The van der Waals surface area contributed by atoms with E-state index >= 15 is 0 Å². The van der Waals surface area contributed by atoms with E-state index in [2.05, 4.69) is 5.16 Å². The van der Waals surface area contributed by atoms with Gasteiger partial charge in [-0.15, -0.1) is 11.8 Å². The second-order valence-corrected chi connectivity index (χ2v) is 4.94. The molecule has 82 valence electrons. The van der Waals surface area contributed by atoms with Crippen molar-refractivity contribution in [1.82, 2.24) is 0 Å². The molecule has 0 radical (unpaired) electrons. The van der Waals surface area contributed by atoms with Crippen LogP contribution in [0.25, 0.3) is 0 Å². The van der Waals surface area contributed by atoms with Gasteiger partial charge in [-0.2, -0.15) is 0 Å². The Kier molecular flexibility index (Phi) is 6.03. The molecule has 14 heavy (non-hydrogen) atoms. The van der Waals surface area contributed by atoms with E-state index in [1.807, 2.05) is 0 Å². The summed E-state index contributed by atoms with van der Waals surface area (Å²) in [7, 11) is 0. The van der Waals surface area contributed by atoms with Gasteiger partial charge < -0.3 is 10.3 Å². The summed E-state index contributed by atoms with van der Waals surface area (Å²) in [5.74, 6) is 0.740. The largest absolute Gasteiger partial charge is 0.411 e. The molecule has 0 amide bonds. The van der Waals surface area contributed by atoms with Crippen molar-refractivity contribution >= 4 is 17.5 Å². The lowest BCUT2D eigenvalue weighted by atomic mass is 9.99. The second-order valence-electron chi connectivity index (χ2n) is 3.63. The molecule has 0 aromatic rings. The van der Waals surface area contributed by atoms with Crippen molar-refractivity contribution in [2.45, 2.75) is 43.8 Å². The first-order chi connectivity index (χ1) is 6.88. The van der Waals surface area contributed by atoms with E-state index < -0.39 is 0 Å². The van der Waals surface area contributed by atoms with Crippen LogP contribution in [0.15, 0.2) is 5.16 Å². The van der Waals surface area contributed by atoms with Gasteiger partial charge in [0.25, 0.3) is 0 Å². The monoisotopic (exact) mass is 217 g/mol. The molecule has 1 unspecified atom stereocenters. The van der Waals surface area contributed by atoms with Crippen molar-refractivity contribution in [3.05, 3.63) is 0 Å². The molecule has 0 heterocycles. The quantitative estimate of drug-likeness (QED) is 0.563. The Balaban J connectivity index is 2.46. The SMILES string of the molecule is OCCSC1CCCCCCC1=NO. The zero-order valence-corrected chi connectivity index (χ0v) is 9.30. The van der Waals surface area contributed by atoms with Gasteiger partial charge in [-0.3, -0.25) is 0 Å². The molecule has 0 spiro atoms. The molecule has 1 fully saturated rings. The smallest absolute Gasteiger partial charge is 0.0700 e. The number of hydrogen-bond acceptors (Lipinski definition) is 4. The van der Waals surface area contributed by atoms with E-state index in [-0.39, 0.29) is 6.61 Å². The molecule has 0 aromatic heterocycles. The lowest BCUT2D eigenvalue weighted by molar-refractivity contribution is 0.315. The Morgan fingerprint density at radius 1 is 1.29 bits per heavy atom. The van der Waals surface area contributed by atoms with E-state index in [9.17, 15) is 0 Å². The Labute approximate surface area is 89.6 Å². The third-order valence-corrected chi connectivity index (χ3v) is 3.89. The first kappa shape index (κ1) is 11.9. The summed E-state index contributed by atoms with van der Waals surface area (Å²) < 4.78 is 0. The van der Waals surface area contributed by atoms with Gasteiger partial charge >= 0.3 is 0 Å². The zero-order chi connectivity index (χ0) is 10.2. The van der Waals surface area contributed by atoms with Crippen LogP contribution >= 0.6 is 11.8 Å². The minimum atomic E-state index is 0.208. The van der Waals surface area contributed by atoms with Crippen LogP contribution in [0.1, 0.15) is 38.5 Å². The Hall–Kier alpha value is -0.220. The molecule has 3 nitrogen and oxygen atoms in total. The van der Waals surface area contributed by atoms with Gasteiger partial charge in [0.1, 0.15) is 0 Å². The van der Waals surface area contributed by atoms with Crippen molar-refractivity contribution in [2.24, 2.45) is 5.16 Å². The molecule has 0 aliphatic heterocycles. The molecule has 1 aliphatic rings. The fraction of sp³-hybridized carbons (Fsp3) is 0.900. The Morgan fingerprint density at radius 3 is 2.79 bits per heavy atom. The van der Waals surface area contributed by atoms with Crippen molar-refractivity contribution < 1.29 is 10.3 Å². The molecule has 2 N–H and O–H groups in total. The maximum atomic E-state index is 8.89. The van der Waals surface area contributed by atoms with Crippen LogP contribution in [0.3, 0.4) is 0 Å². The van der Waals surface area contributed by atoms with Gasteiger partial charge in [0.2, 0.25) is 0 Å². The minimum absolute atomic E-state index is 0.208. The lowest BCUT2D eigenvalue weighted by Crippen LogP contribution is -2.20. The summed E-state index contributed by atoms with van der Waals surface area (Å²) in [4.78, 5) is 0. The second kappa shape index (κ2) is 7.12. The average Bonchev–Trinajstić information content (AvgIpc) is 2.17. The summed E-state index contributed by atoms with van der Waals surface area (Å²) in [6.45, 7) is 0.208. The highest BCUT2D eigenvalue weighted by Crippen LogP contribution is 2.24. The summed E-state index contributed by atoms with van der Waals surface area (Å²) in [6.07, 6.45) is 6.88. The number of nitrogens with zero attached hydrogens (tertiary/aromatic N) is 1. The Bertz CT molecular complexity index is 183. The average molecular weight is 217 g/mol. The molecule has 0 bridgehead atoms. The fourth-order valence-corrected chi connectivity index (χ4v) is 2.89. The summed E-state index contributed by atoms with van der Waals surface area (Å²) >= 11 is 1.71. The van der Waals surface area contributed by atoms with E-state index in [0.717, 1.165) is 30.7 Å². The summed E-state index contributed by atoms with van der Waals surface area (Å²) in [5, 5.41) is 21.4. The molecule has 1 atom stereocenters. The molecular formula is C10H19NO2S. The zero-order valence-electron chi connectivity index (χ0n) is 8.48. The molecule has 0 saturated heterocycles. The molecular weight excluding hydrogens is 198 g/mol. The maximum absolute atomic E-state index is 8.89. The predicted molar refractivity (Wildman–Crippen MR) is 60.3 cm³/mol. The van der Waals surface area contributed by atoms with Gasteiger partial charge in [-0.25, -0.2) is 0 Å². The van der Waals surface area contributed by atoms with E-state index in [1.54, 1.807) is 11.8 Å². The topological polar surface area (TPSA) is 52.8 Å². The lowest BCUT2D eigenvalue weighted by Gasteiger charge is -2.19. The van der Waals surface area contributed by atoms with Crippen molar-refractivity contribution in [3.63, 3.8) is 0 Å². The normalized spacial score (nSPS) is 27.2. The molecule has 1 rings (SSSR count). The van der Waals surface area contributed by atoms with Crippen LogP contribution < -0.4 is 0 Å². The molecule has 4 heteroatoms. The molecule has 1 saturated carbocycles. The van der Waals surface area contributed by atoms with E-state index in [4.69, 9.17) is 10.3 Å². The number of oxime groups is 1. The van der Waals surface area contributed by atoms with Gasteiger partial charge in [-0.1, -0.05) is 24.4 Å². The highest BCUT2D eigenvalue weighted by molar-refractivity contribution is 8.00. The van der Waals surface area contributed by atoms with Crippen LogP contribution in [0, 0.1) is 0 Å². The third kappa shape index (κ3) is 3.88. The number of aliphatic hydroxyl groups excluding tert-OH is 1. The first-order valence-corrected chi connectivity index (χ1v) is 6.36. The highest BCUT2D eigenvalue weighted by atomic mass is 32.2. The van der Waals surface area contributed by atoms with E-state index in [0.29, 0.717) is 5.25 Å². The van der Waals surface area contributed by atoms with Crippen molar-refractivity contribution in [2.75, 3.05) is 12.4 Å². The van der Waals surface area contributed by atoms with Gasteiger partial charge in [0.15, 0.2) is 0 Å². The van der Waals surface area contributed by atoms with Crippen LogP contribution in [0.4, 0.5) is 0 Å². The van der Waals surface area contributed by atoms with Crippen LogP contribution in [-0.4, -0.2) is 33.6 Å². The van der Waals surface area contributed by atoms with Crippen molar-refractivity contribution in [1.29, 1.82) is 0 Å². The van der Waals surface area contributed by atoms with Gasteiger partial charge in [0.05, 0.1) is 12.3 Å². The van der Waals surface area contributed by atoms with Crippen molar-refractivity contribution in [3.8, 4) is 0 Å². The van der Waals surface area contributed by atoms with E-state index in [1.165, 1.54) is 19.3 Å². The number of rotatable bonds is 3. The van der Waals surface area contributed by atoms with Crippen LogP contribution in [-0.2, 0) is 0 Å². The highest BCUT2D eigenvalue weighted by Gasteiger charge is 2.18. The predicted octanol–water partition coefficient (Wildman–Crippen LogP) is 2.26. The maximum Gasteiger partial charge on any atom is 0.0700 e. The molecule has 0 aromatic carbocycles. The van der Waals surface area contributed by atoms with Crippen LogP contribution in [0.5, 0.6) is 0 Å². The summed E-state index contributed by atoms with van der Waals surface area (Å²) in [5.41, 5.74) is 0.920. The fourth-order valence-electron chi connectivity index (χ4n) is 1.81. The standard InChI is InChI=1S/C10H19NO2S/c12-7-8-14-10-6-4-2-1-3-5-9(10)11-13/h10,12-13H,1-8H2. The number of thioether (sulfide) groups is 1. The summed E-state index contributed by atoms with van der Waals surface area (Å²) in [6, 6.07) is 0. The molecule has 1 aliphatic carbocycles.